The van der Waals surface area contributed by atoms with Crippen LogP contribution in [0.5, 0.6) is 0 Å². The molecule has 0 bridgehead atoms. The summed E-state index contributed by atoms with van der Waals surface area (Å²) in [6.45, 7) is 13.0. The number of nitrogens with zero attached hydrogens (tertiary/aromatic N) is 1. The molecule has 0 spiro atoms. The predicted octanol–water partition coefficient (Wildman–Crippen LogP) is 3.39. The van der Waals surface area contributed by atoms with Crippen molar-refractivity contribution in [2.45, 2.75) is 52.6 Å². The first-order chi connectivity index (χ1) is 9.36. The monoisotopic (exact) mass is 280 g/mol. The molecule has 0 heterocycles. The molecule has 1 aromatic rings. The van der Waals surface area contributed by atoms with Crippen molar-refractivity contribution in [2.24, 2.45) is 0 Å². The van der Waals surface area contributed by atoms with Gasteiger partial charge in [0.15, 0.2) is 0 Å². The summed E-state index contributed by atoms with van der Waals surface area (Å²) in [5.74, 6) is -0.157. The van der Waals surface area contributed by atoms with E-state index in [1.54, 1.807) is 12.1 Å². The number of aryl methyl sites for hydroxylation is 1. The minimum Gasteiger partial charge on any atom is -0.315 e. The van der Waals surface area contributed by atoms with E-state index in [-0.39, 0.29) is 11.4 Å². The van der Waals surface area contributed by atoms with Gasteiger partial charge >= 0.3 is 0 Å². The molecule has 3 heteroatoms. The molecule has 0 aliphatic heterocycles. The average molecular weight is 280 g/mol. The van der Waals surface area contributed by atoms with Crippen LogP contribution in [0.15, 0.2) is 18.2 Å². The van der Waals surface area contributed by atoms with Crippen LogP contribution in [0.4, 0.5) is 4.39 Å². The fourth-order valence-corrected chi connectivity index (χ4v) is 3.07. The molecule has 2 nitrogen and oxygen atoms in total. The Hall–Kier alpha value is -0.930. The van der Waals surface area contributed by atoms with Gasteiger partial charge in [0.25, 0.3) is 0 Å². The van der Waals surface area contributed by atoms with Gasteiger partial charge in [-0.3, -0.25) is 4.90 Å². The molecule has 0 aliphatic rings. The molecule has 0 radical (unpaired) electrons. The van der Waals surface area contributed by atoms with Crippen molar-refractivity contribution in [2.75, 3.05) is 20.1 Å². The van der Waals surface area contributed by atoms with Gasteiger partial charge in [0.2, 0.25) is 0 Å². The van der Waals surface area contributed by atoms with Crippen molar-refractivity contribution in [3.05, 3.63) is 35.1 Å². The Kier molecular flexibility index (Phi) is 6.15. The molecule has 1 rings (SSSR count). The van der Waals surface area contributed by atoms with Gasteiger partial charge < -0.3 is 5.32 Å². The van der Waals surface area contributed by atoms with Crippen molar-refractivity contribution < 1.29 is 4.39 Å². The normalized spacial score (nSPS) is 13.8. The average Bonchev–Trinajstić information content (AvgIpc) is 2.38. The Labute approximate surface area is 123 Å². The lowest BCUT2D eigenvalue weighted by Gasteiger charge is -2.43. The summed E-state index contributed by atoms with van der Waals surface area (Å²) in [4.78, 5) is 2.47. The van der Waals surface area contributed by atoms with Crippen LogP contribution in [0, 0.1) is 12.7 Å². The van der Waals surface area contributed by atoms with E-state index in [9.17, 15) is 4.39 Å². The predicted molar refractivity (Wildman–Crippen MR) is 84.7 cm³/mol. The summed E-state index contributed by atoms with van der Waals surface area (Å²) >= 11 is 0. The van der Waals surface area contributed by atoms with E-state index in [2.05, 4.69) is 37.9 Å². The number of rotatable bonds is 7. The Morgan fingerprint density at radius 1 is 1.25 bits per heavy atom. The summed E-state index contributed by atoms with van der Waals surface area (Å²) in [5, 5.41) is 3.45. The molecule has 0 fully saturated rings. The van der Waals surface area contributed by atoms with Crippen molar-refractivity contribution in [3.8, 4) is 0 Å². The number of likely N-dealkylation sites (N-methyl/N-ethyl adjacent to an activating group) is 2. The number of nitrogens with one attached hydrogen (secondary N) is 1. The fourth-order valence-electron chi connectivity index (χ4n) is 3.07. The quantitative estimate of drug-likeness (QED) is 0.823. The molecule has 0 saturated heterocycles. The van der Waals surface area contributed by atoms with E-state index >= 15 is 0 Å². The molecule has 0 saturated carbocycles. The Balaban J connectivity index is 2.96. The number of hydrogen-bond acceptors (Lipinski definition) is 2. The van der Waals surface area contributed by atoms with Gasteiger partial charge in [0.05, 0.1) is 0 Å². The van der Waals surface area contributed by atoms with E-state index < -0.39 is 0 Å². The molecule has 20 heavy (non-hydrogen) atoms. The highest BCUT2D eigenvalue weighted by Crippen LogP contribution is 2.23. The minimum absolute atomic E-state index is 0.0546. The van der Waals surface area contributed by atoms with E-state index in [4.69, 9.17) is 0 Å². The van der Waals surface area contributed by atoms with E-state index in [1.807, 2.05) is 20.0 Å². The van der Waals surface area contributed by atoms with Crippen LogP contribution in [0.2, 0.25) is 0 Å². The van der Waals surface area contributed by atoms with Crippen LogP contribution < -0.4 is 5.32 Å². The van der Waals surface area contributed by atoms with E-state index in [0.29, 0.717) is 6.04 Å². The lowest BCUT2D eigenvalue weighted by atomic mass is 9.86. The van der Waals surface area contributed by atoms with E-state index in [1.165, 1.54) is 5.56 Å². The molecule has 114 valence electrons. The topological polar surface area (TPSA) is 15.3 Å². The number of hydrogen-bond donors (Lipinski definition) is 1. The van der Waals surface area contributed by atoms with Gasteiger partial charge in [0, 0.05) is 11.6 Å². The van der Waals surface area contributed by atoms with Crippen molar-refractivity contribution in [1.29, 1.82) is 0 Å². The summed E-state index contributed by atoms with van der Waals surface area (Å²) in [6, 6.07) is 5.41. The van der Waals surface area contributed by atoms with Crippen molar-refractivity contribution in [1.82, 2.24) is 10.2 Å². The van der Waals surface area contributed by atoms with Gasteiger partial charge in [0.1, 0.15) is 5.82 Å². The first-order valence-corrected chi connectivity index (χ1v) is 7.54. The SMILES string of the molecule is CCN(CC)C(C)(C)C(Cc1ccc(F)cc1C)NC. The smallest absolute Gasteiger partial charge is 0.123 e. The molecular weight excluding hydrogens is 251 g/mol. The van der Waals surface area contributed by atoms with Crippen LogP contribution in [-0.4, -0.2) is 36.6 Å². The maximum atomic E-state index is 13.2. The molecule has 1 aromatic carbocycles. The van der Waals surface area contributed by atoms with Gasteiger partial charge in [-0.2, -0.15) is 0 Å². The van der Waals surface area contributed by atoms with E-state index in [0.717, 1.165) is 25.1 Å². The zero-order chi connectivity index (χ0) is 15.3. The third-order valence-electron chi connectivity index (χ3n) is 4.51. The minimum atomic E-state index is -0.157. The molecular formula is C17H29FN2. The third kappa shape index (κ3) is 3.80. The van der Waals surface area contributed by atoms with Gasteiger partial charge in [-0.05, 0) is 70.6 Å². The fraction of sp³-hybridized carbons (Fsp3) is 0.647. The second kappa shape index (κ2) is 7.19. The zero-order valence-corrected chi connectivity index (χ0v) is 13.8. The standard InChI is InChI=1S/C17H29FN2/c1-7-20(8-2)17(4,5)16(19-6)12-14-9-10-15(18)11-13(14)3/h9-11,16,19H,7-8,12H2,1-6H3. The van der Waals surface area contributed by atoms with Gasteiger partial charge in [-0.15, -0.1) is 0 Å². The highest BCUT2D eigenvalue weighted by atomic mass is 19.1. The maximum Gasteiger partial charge on any atom is 0.123 e. The Morgan fingerprint density at radius 2 is 1.85 bits per heavy atom. The second-order valence-electron chi connectivity index (χ2n) is 5.94. The molecule has 1 atom stereocenters. The second-order valence-corrected chi connectivity index (χ2v) is 5.94. The molecule has 1 N–H and O–H groups in total. The van der Waals surface area contributed by atoms with Crippen LogP contribution in [0.1, 0.15) is 38.8 Å². The largest absolute Gasteiger partial charge is 0.315 e. The van der Waals surface area contributed by atoms with Gasteiger partial charge in [-0.1, -0.05) is 19.9 Å². The summed E-state index contributed by atoms with van der Waals surface area (Å²) in [7, 11) is 2.01. The first kappa shape index (κ1) is 17.1. The van der Waals surface area contributed by atoms with Crippen LogP contribution in [-0.2, 0) is 6.42 Å². The lowest BCUT2D eigenvalue weighted by molar-refractivity contribution is 0.0943. The highest BCUT2D eigenvalue weighted by molar-refractivity contribution is 5.28. The number of benzene rings is 1. The Bertz CT molecular complexity index is 425. The van der Waals surface area contributed by atoms with Crippen LogP contribution >= 0.6 is 0 Å². The highest BCUT2D eigenvalue weighted by Gasteiger charge is 2.33. The Morgan fingerprint density at radius 3 is 2.30 bits per heavy atom. The molecule has 0 amide bonds. The zero-order valence-electron chi connectivity index (χ0n) is 13.8. The molecule has 0 aliphatic carbocycles. The number of halogens is 1. The van der Waals surface area contributed by atoms with Crippen LogP contribution in [0.3, 0.4) is 0 Å². The first-order valence-electron chi connectivity index (χ1n) is 7.54. The van der Waals surface area contributed by atoms with Gasteiger partial charge in [-0.25, -0.2) is 4.39 Å². The summed E-state index contributed by atoms with van der Waals surface area (Å²) in [6.07, 6.45) is 0.909. The maximum absolute atomic E-state index is 13.2. The van der Waals surface area contributed by atoms with Crippen LogP contribution in [0.25, 0.3) is 0 Å². The lowest BCUT2D eigenvalue weighted by Crippen LogP contribution is -2.57. The molecule has 0 aromatic heterocycles. The third-order valence-corrected chi connectivity index (χ3v) is 4.51. The summed E-state index contributed by atoms with van der Waals surface area (Å²) < 4.78 is 13.2. The van der Waals surface area contributed by atoms with Crippen molar-refractivity contribution >= 4 is 0 Å². The molecule has 1 unspecified atom stereocenters. The summed E-state index contributed by atoms with van der Waals surface area (Å²) in [5.41, 5.74) is 2.30. The van der Waals surface area contributed by atoms with Crippen molar-refractivity contribution in [3.63, 3.8) is 0 Å².